The fourth-order valence-electron chi connectivity index (χ4n) is 6.99. The molecule has 4 rings (SSSR count). The third-order valence-electron chi connectivity index (χ3n) is 8.96. The van der Waals surface area contributed by atoms with E-state index in [0.29, 0.717) is 31.4 Å². The van der Waals surface area contributed by atoms with Crippen LogP contribution in [0.3, 0.4) is 0 Å². The van der Waals surface area contributed by atoms with Crippen molar-refractivity contribution in [2.24, 2.45) is 34.3 Å². The van der Waals surface area contributed by atoms with Crippen molar-refractivity contribution in [2.45, 2.75) is 84.2 Å². The smallest absolute Gasteiger partial charge is 0.222 e. The monoisotopic (exact) mass is 408 g/mol. The van der Waals surface area contributed by atoms with Gasteiger partial charge in [0.15, 0.2) is 6.29 Å². The maximum Gasteiger partial charge on any atom is 0.222 e. The van der Waals surface area contributed by atoms with Crippen molar-refractivity contribution in [3.05, 3.63) is 0 Å². The van der Waals surface area contributed by atoms with E-state index in [1.165, 1.54) is 0 Å². The number of rotatable bonds is 3. The molecule has 0 unspecified atom stereocenters. The van der Waals surface area contributed by atoms with E-state index in [2.05, 4.69) is 20.8 Å². The minimum Gasteiger partial charge on any atom is -0.393 e. The second kappa shape index (κ2) is 8.10. The number of nitrogens with two attached hydrogens (primary N) is 1. The molecule has 0 radical (unpaired) electrons. The Labute approximate surface area is 175 Å². The molecule has 1 amide bonds. The maximum absolute atomic E-state index is 13.1. The highest BCUT2D eigenvalue weighted by Crippen LogP contribution is 2.62. The largest absolute Gasteiger partial charge is 0.393 e. The minimum absolute atomic E-state index is 0.0121. The van der Waals surface area contributed by atoms with Gasteiger partial charge in [-0.15, -0.1) is 0 Å². The van der Waals surface area contributed by atoms with Crippen LogP contribution in [0.15, 0.2) is 0 Å². The highest BCUT2D eigenvalue weighted by Gasteiger charge is 2.61. The van der Waals surface area contributed by atoms with E-state index in [4.69, 9.17) is 15.2 Å². The molecule has 0 bridgehead atoms. The molecule has 2 aliphatic carbocycles. The first-order valence-electron chi connectivity index (χ1n) is 11.7. The number of ether oxygens (including phenoxy) is 2. The van der Waals surface area contributed by atoms with Crippen LogP contribution in [0.4, 0.5) is 0 Å². The van der Waals surface area contributed by atoms with Gasteiger partial charge in [0.25, 0.3) is 0 Å². The molecule has 2 saturated carbocycles. The third-order valence-corrected chi connectivity index (χ3v) is 8.96. The summed E-state index contributed by atoms with van der Waals surface area (Å²) in [6.07, 6.45) is 5.77. The number of nitrogens with zero attached hydrogens (tertiary/aromatic N) is 1. The van der Waals surface area contributed by atoms with Gasteiger partial charge in [0.1, 0.15) is 0 Å². The van der Waals surface area contributed by atoms with Crippen LogP contribution in [0, 0.1) is 28.6 Å². The molecule has 4 aliphatic rings. The predicted octanol–water partition coefficient (Wildman–Crippen LogP) is 2.53. The van der Waals surface area contributed by atoms with E-state index in [9.17, 15) is 9.90 Å². The molecule has 3 N–H and O–H groups in total. The Morgan fingerprint density at radius 1 is 1.14 bits per heavy atom. The molecule has 2 heterocycles. The van der Waals surface area contributed by atoms with Gasteiger partial charge >= 0.3 is 0 Å². The van der Waals surface area contributed by atoms with Gasteiger partial charge in [0, 0.05) is 31.5 Å². The Bertz CT molecular complexity index is 608. The fourth-order valence-corrected chi connectivity index (χ4v) is 6.99. The number of aliphatic hydroxyl groups is 1. The molecule has 29 heavy (non-hydrogen) atoms. The van der Waals surface area contributed by atoms with Crippen LogP contribution in [0.5, 0.6) is 0 Å². The van der Waals surface area contributed by atoms with Gasteiger partial charge in [-0.05, 0) is 61.7 Å². The molecular formula is C23H40N2O4. The molecular weight excluding hydrogens is 368 g/mol. The lowest BCUT2D eigenvalue weighted by atomic mass is 9.46. The van der Waals surface area contributed by atoms with Gasteiger partial charge < -0.3 is 25.2 Å². The average molecular weight is 409 g/mol. The molecule has 0 aromatic heterocycles. The Morgan fingerprint density at radius 3 is 2.55 bits per heavy atom. The first-order chi connectivity index (χ1) is 13.8. The van der Waals surface area contributed by atoms with E-state index in [0.717, 1.165) is 51.6 Å². The average Bonchev–Trinajstić information content (AvgIpc) is 2.70. The van der Waals surface area contributed by atoms with Gasteiger partial charge in [0.05, 0.1) is 18.8 Å². The zero-order chi connectivity index (χ0) is 20.8. The van der Waals surface area contributed by atoms with Gasteiger partial charge in [-0.3, -0.25) is 4.79 Å². The van der Waals surface area contributed by atoms with Crippen molar-refractivity contribution >= 4 is 5.91 Å². The molecule has 2 saturated heterocycles. The highest BCUT2D eigenvalue weighted by atomic mass is 16.7. The molecule has 6 heteroatoms. The number of carbonyl (C=O) groups excluding carboxylic acids is 1. The van der Waals surface area contributed by atoms with Gasteiger partial charge in [-0.1, -0.05) is 20.8 Å². The van der Waals surface area contributed by atoms with Crippen LogP contribution in [-0.2, 0) is 14.3 Å². The normalized spacial score (nSPS) is 46.1. The van der Waals surface area contributed by atoms with E-state index in [1.54, 1.807) is 0 Å². The Hall–Kier alpha value is -0.690. The van der Waals surface area contributed by atoms with Crippen LogP contribution < -0.4 is 5.73 Å². The standard InChI is InChI=1S/C23H40N2O4/c1-15-7-10-25(11-8-15)20(27)12-16-17(26)4-5-18-22(16,2)9-6-19-23(18,3)14-28-21(13-24)29-19/h15-19,21,26H,4-14,24H2,1-3H3/t16-,17-,18+,19-,21-,22+,23+/m1/s1. The van der Waals surface area contributed by atoms with Crippen molar-refractivity contribution in [3.8, 4) is 0 Å². The molecule has 0 aromatic carbocycles. The van der Waals surface area contributed by atoms with Crippen LogP contribution in [0.25, 0.3) is 0 Å². The Balaban J connectivity index is 1.51. The molecule has 166 valence electrons. The topological polar surface area (TPSA) is 85.0 Å². The molecule has 0 aromatic rings. The molecule has 4 fully saturated rings. The highest BCUT2D eigenvalue weighted by molar-refractivity contribution is 5.76. The number of carbonyl (C=O) groups is 1. The number of hydrogen-bond acceptors (Lipinski definition) is 5. The van der Waals surface area contributed by atoms with Crippen molar-refractivity contribution in [1.29, 1.82) is 0 Å². The number of amides is 1. The summed E-state index contributed by atoms with van der Waals surface area (Å²) in [4.78, 5) is 15.2. The zero-order valence-corrected chi connectivity index (χ0v) is 18.4. The lowest BCUT2D eigenvalue weighted by Gasteiger charge is -2.63. The number of piperidine rings is 1. The van der Waals surface area contributed by atoms with E-state index < -0.39 is 6.10 Å². The van der Waals surface area contributed by atoms with Crippen LogP contribution >= 0.6 is 0 Å². The summed E-state index contributed by atoms with van der Waals surface area (Å²) in [6, 6.07) is 0. The first kappa shape index (κ1) is 21.5. The lowest BCUT2D eigenvalue weighted by molar-refractivity contribution is -0.305. The van der Waals surface area contributed by atoms with E-state index in [1.807, 2.05) is 4.90 Å². The van der Waals surface area contributed by atoms with E-state index in [-0.39, 0.29) is 35.0 Å². The number of fused-ring (bicyclic) bond motifs is 3. The fraction of sp³-hybridized carbons (Fsp3) is 0.957. The van der Waals surface area contributed by atoms with Crippen LogP contribution in [-0.4, -0.2) is 60.7 Å². The van der Waals surface area contributed by atoms with Crippen molar-refractivity contribution in [1.82, 2.24) is 4.90 Å². The summed E-state index contributed by atoms with van der Waals surface area (Å²) in [5.41, 5.74) is 5.63. The summed E-state index contributed by atoms with van der Waals surface area (Å²) in [6.45, 7) is 9.64. The first-order valence-corrected chi connectivity index (χ1v) is 11.7. The third kappa shape index (κ3) is 3.75. The number of likely N-dealkylation sites (tertiary alicyclic amines) is 1. The summed E-state index contributed by atoms with van der Waals surface area (Å²) in [5, 5.41) is 11.0. The quantitative estimate of drug-likeness (QED) is 0.750. The Morgan fingerprint density at radius 2 is 1.86 bits per heavy atom. The molecule has 0 spiro atoms. The van der Waals surface area contributed by atoms with Crippen molar-refractivity contribution in [3.63, 3.8) is 0 Å². The van der Waals surface area contributed by atoms with Crippen LogP contribution in [0.1, 0.15) is 65.7 Å². The van der Waals surface area contributed by atoms with Crippen molar-refractivity contribution in [2.75, 3.05) is 26.2 Å². The van der Waals surface area contributed by atoms with E-state index >= 15 is 0 Å². The summed E-state index contributed by atoms with van der Waals surface area (Å²) < 4.78 is 12.2. The SMILES string of the molecule is CC1CCN(C(=O)C[C@@H]2[C@H](O)CC[C@@H]3[C@]4(C)CO[C@@H](CN)O[C@@H]4CC[C@]32C)CC1. The van der Waals surface area contributed by atoms with Crippen LogP contribution in [0.2, 0.25) is 0 Å². The Kier molecular flexibility index (Phi) is 6.02. The van der Waals surface area contributed by atoms with Crippen molar-refractivity contribution < 1.29 is 19.4 Å². The zero-order valence-electron chi connectivity index (χ0n) is 18.4. The number of hydrogen-bond donors (Lipinski definition) is 2. The number of aliphatic hydroxyl groups excluding tert-OH is 1. The molecule has 6 nitrogen and oxygen atoms in total. The predicted molar refractivity (Wildman–Crippen MR) is 111 cm³/mol. The molecule has 2 aliphatic heterocycles. The summed E-state index contributed by atoms with van der Waals surface area (Å²) in [7, 11) is 0. The van der Waals surface area contributed by atoms with Gasteiger partial charge in [-0.25, -0.2) is 0 Å². The maximum atomic E-state index is 13.1. The lowest BCUT2D eigenvalue weighted by Crippen LogP contribution is -2.63. The summed E-state index contributed by atoms with van der Waals surface area (Å²) >= 11 is 0. The second-order valence-corrected chi connectivity index (χ2v) is 10.7. The summed E-state index contributed by atoms with van der Waals surface area (Å²) in [5.74, 6) is 1.34. The second-order valence-electron chi connectivity index (χ2n) is 10.7. The van der Waals surface area contributed by atoms with Gasteiger partial charge in [-0.2, -0.15) is 0 Å². The molecule has 7 atom stereocenters. The van der Waals surface area contributed by atoms with Gasteiger partial charge in [0.2, 0.25) is 5.91 Å². The minimum atomic E-state index is -0.397.